The van der Waals surface area contributed by atoms with Crippen LogP contribution in [0, 0.1) is 0 Å². The summed E-state index contributed by atoms with van der Waals surface area (Å²) >= 11 is 0. The van der Waals surface area contributed by atoms with E-state index in [-0.39, 0.29) is 0 Å². The van der Waals surface area contributed by atoms with Crippen molar-refractivity contribution in [3.63, 3.8) is 0 Å². The molecule has 8 heavy (non-hydrogen) atoms. The molecule has 50 valence electrons. The lowest BCUT2D eigenvalue weighted by Gasteiger charge is -1.81. The minimum atomic E-state index is -1.83. The van der Waals surface area contributed by atoms with E-state index in [1.807, 2.05) is 14.1 Å². The van der Waals surface area contributed by atoms with E-state index in [1.54, 1.807) is 0 Å². The van der Waals surface area contributed by atoms with Gasteiger partial charge in [-0.05, 0) is 14.1 Å². The zero-order valence-corrected chi connectivity index (χ0v) is 4.80. The van der Waals surface area contributed by atoms with Crippen LogP contribution in [0.25, 0.3) is 0 Å². The summed E-state index contributed by atoms with van der Waals surface area (Å²) in [7, 11) is 3.64. The van der Waals surface area contributed by atoms with Crippen molar-refractivity contribution in [2.45, 2.75) is 0 Å². The normalized spacial score (nSPS) is 6.75. The zero-order valence-electron chi connectivity index (χ0n) is 4.80. The first-order valence-corrected chi connectivity index (χ1v) is 1.90. The Bertz CT molecular complexity index is 50.5. The van der Waals surface area contributed by atoms with Gasteiger partial charge in [0, 0.05) is 0 Å². The third-order valence-corrected chi connectivity index (χ3v) is 0.250. The highest BCUT2D eigenvalue weighted by Crippen LogP contribution is 1.42. The van der Waals surface area contributed by atoms with E-state index in [2.05, 4.69) is 10.9 Å². The Kier molecular flexibility index (Phi) is 12.1. The maximum Gasteiger partial charge on any atom is 0.503 e. The number of hydrogen-bond acceptors (Lipinski definition) is 3. The minimum Gasteiger partial charge on any atom is -0.450 e. The molecule has 5 heteroatoms. The Labute approximate surface area is 47.3 Å². The molecule has 0 spiro atoms. The highest BCUT2D eigenvalue weighted by atomic mass is 16.6. The molecule has 0 atom stereocenters. The van der Waals surface area contributed by atoms with Crippen LogP contribution >= 0.6 is 0 Å². The molecule has 0 aromatic heterocycles. The first kappa shape index (κ1) is 10.2. The van der Waals surface area contributed by atoms with Crippen molar-refractivity contribution in [1.29, 1.82) is 0 Å². The minimum absolute atomic E-state index is 1.82. The Hall–Kier alpha value is -0.810. The van der Waals surface area contributed by atoms with Crippen LogP contribution in [0.2, 0.25) is 0 Å². The van der Waals surface area contributed by atoms with Crippen LogP contribution in [0.5, 0.6) is 0 Å². The van der Waals surface area contributed by atoms with Crippen molar-refractivity contribution in [3.05, 3.63) is 0 Å². The molecule has 0 aliphatic heterocycles. The van der Waals surface area contributed by atoms with Gasteiger partial charge in [-0.1, -0.05) is 0 Å². The number of carbonyl (C=O) groups is 1. The van der Waals surface area contributed by atoms with Gasteiger partial charge in [-0.2, -0.15) is 0 Å². The quantitative estimate of drug-likeness (QED) is 0.354. The molecule has 5 nitrogen and oxygen atoms in total. The lowest BCUT2D eigenvalue weighted by atomic mass is 11.4. The van der Waals surface area contributed by atoms with E-state index < -0.39 is 6.16 Å². The number of hydrogen-bond donors (Lipinski definition) is 4. The van der Waals surface area contributed by atoms with Crippen LogP contribution in [0.15, 0.2) is 0 Å². The first-order valence-electron chi connectivity index (χ1n) is 1.90. The number of carboxylic acid groups (broad SMARTS) is 2. The van der Waals surface area contributed by atoms with Gasteiger partial charge in [-0.3, -0.25) is 10.9 Å². The van der Waals surface area contributed by atoms with E-state index in [4.69, 9.17) is 15.0 Å². The standard InChI is InChI=1S/C2H8N2.CH2O3/c1-3-4-2;2-1(3)4/h3-4H,1-2H3;(H2,2,3,4). The summed E-state index contributed by atoms with van der Waals surface area (Å²) in [6.45, 7) is 0. The van der Waals surface area contributed by atoms with Gasteiger partial charge >= 0.3 is 6.16 Å². The van der Waals surface area contributed by atoms with Gasteiger partial charge in [0.05, 0.1) is 0 Å². The molecule has 0 aromatic rings. The molecule has 0 aliphatic rings. The lowest BCUT2D eigenvalue weighted by Crippen LogP contribution is -2.21. The van der Waals surface area contributed by atoms with Gasteiger partial charge in [0.15, 0.2) is 0 Å². The smallest absolute Gasteiger partial charge is 0.450 e. The van der Waals surface area contributed by atoms with E-state index in [9.17, 15) is 0 Å². The summed E-state index contributed by atoms with van der Waals surface area (Å²) in [4.78, 5) is 8.56. The van der Waals surface area contributed by atoms with Gasteiger partial charge in [0.2, 0.25) is 0 Å². The molecule has 0 saturated carbocycles. The number of rotatable bonds is 1. The molecule has 0 heterocycles. The Morgan fingerprint density at radius 1 is 1.25 bits per heavy atom. The van der Waals surface area contributed by atoms with Crippen molar-refractivity contribution in [2.24, 2.45) is 0 Å². The molecular weight excluding hydrogens is 112 g/mol. The Morgan fingerprint density at radius 3 is 1.38 bits per heavy atom. The van der Waals surface area contributed by atoms with Gasteiger partial charge in [-0.25, -0.2) is 4.79 Å². The third-order valence-electron chi connectivity index (χ3n) is 0.250. The monoisotopic (exact) mass is 122 g/mol. The van der Waals surface area contributed by atoms with Crippen LogP contribution in [0.4, 0.5) is 4.79 Å². The predicted octanol–water partition coefficient (Wildman–Crippen LogP) is -0.437. The highest BCUT2D eigenvalue weighted by molar-refractivity contribution is 5.53. The van der Waals surface area contributed by atoms with Crippen LogP contribution in [-0.2, 0) is 0 Å². The number of hydrazine groups is 1. The molecule has 0 bridgehead atoms. The molecule has 0 aliphatic carbocycles. The van der Waals surface area contributed by atoms with Crippen molar-refractivity contribution < 1.29 is 15.0 Å². The molecule has 0 amide bonds. The van der Waals surface area contributed by atoms with E-state index in [0.29, 0.717) is 0 Å². The largest absolute Gasteiger partial charge is 0.503 e. The fraction of sp³-hybridized carbons (Fsp3) is 0.667. The fourth-order valence-corrected chi connectivity index (χ4v) is 0. The maximum atomic E-state index is 8.56. The third kappa shape index (κ3) is 2520. The number of nitrogens with one attached hydrogen (secondary N) is 2. The maximum absolute atomic E-state index is 8.56. The molecule has 0 aromatic carbocycles. The van der Waals surface area contributed by atoms with Crippen LogP contribution in [0.3, 0.4) is 0 Å². The van der Waals surface area contributed by atoms with Crippen molar-refractivity contribution >= 4 is 6.16 Å². The summed E-state index contributed by atoms with van der Waals surface area (Å²) < 4.78 is 0. The van der Waals surface area contributed by atoms with E-state index in [0.717, 1.165) is 0 Å². The molecule has 0 fully saturated rings. The van der Waals surface area contributed by atoms with Gasteiger partial charge in [0.1, 0.15) is 0 Å². The van der Waals surface area contributed by atoms with Crippen molar-refractivity contribution in [1.82, 2.24) is 10.9 Å². The second-order valence-corrected chi connectivity index (χ2v) is 0.783. The van der Waals surface area contributed by atoms with Crippen molar-refractivity contribution in [3.8, 4) is 0 Å². The van der Waals surface area contributed by atoms with Crippen molar-refractivity contribution in [2.75, 3.05) is 14.1 Å². The fourth-order valence-electron chi connectivity index (χ4n) is 0. The van der Waals surface area contributed by atoms with E-state index in [1.165, 1.54) is 0 Å². The molecule has 0 unspecified atom stereocenters. The Morgan fingerprint density at radius 2 is 1.38 bits per heavy atom. The SMILES string of the molecule is CNNC.O=C(O)O. The predicted molar refractivity (Wildman–Crippen MR) is 28.8 cm³/mol. The summed E-state index contributed by atoms with van der Waals surface area (Å²) in [5.41, 5.74) is 5.36. The summed E-state index contributed by atoms with van der Waals surface area (Å²) in [5.74, 6) is 0. The van der Waals surface area contributed by atoms with Gasteiger partial charge in [-0.15, -0.1) is 0 Å². The second-order valence-electron chi connectivity index (χ2n) is 0.783. The summed E-state index contributed by atoms with van der Waals surface area (Å²) in [5, 5.41) is 13.9. The Balaban J connectivity index is 0. The van der Waals surface area contributed by atoms with Gasteiger partial charge < -0.3 is 10.2 Å². The highest BCUT2D eigenvalue weighted by Gasteiger charge is 1.70. The molecule has 0 saturated heterocycles. The van der Waals surface area contributed by atoms with Crippen LogP contribution < -0.4 is 10.9 Å². The van der Waals surface area contributed by atoms with E-state index >= 15 is 0 Å². The summed E-state index contributed by atoms with van der Waals surface area (Å²) in [6.07, 6.45) is -1.83. The molecule has 4 N–H and O–H groups in total. The van der Waals surface area contributed by atoms with Crippen LogP contribution in [-0.4, -0.2) is 30.5 Å². The average molecular weight is 122 g/mol. The van der Waals surface area contributed by atoms with Crippen LogP contribution in [0.1, 0.15) is 0 Å². The molecular formula is C3H10N2O3. The first-order chi connectivity index (χ1) is 3.65. The van der Waals surface area contributed by atoms with Gasteiger partial charge in [0.25, 0.3) is 0 Å². The average Bonchev–Trinajstić information content (AvgIpc) is 1.65. The molecule has 0 radical (unpaired) electrons. The summed E-state index contributed by atoms with van der Waals surface area (Å²) in [6, 6.07) is 0. The lowest BCUT2D eigenvalue weighted by molar-refractivity contribution is 0.137. The molecule has 0 rings (SSSR count). The second kappa shape index (κ2) is 9.50. The zero-order chi connectivity index (χ0) is 6.99. The topological polar surface area (TPSA) is 81.6 Å².